The first kappa shape index (κ1) is 11.2. The second kappa shape index (κ2) is 5.78. The number of aryl methyl sites for hydroxylation is 1. The van der Waals surface area contributed by atoms with Gasteiger partial charge in [-0.1, -0.05) is 18.5 Å². The van der Waals surface area contributed by atoms with Crippen LogP contribution in [0.4, 0.5) is 5.82 Å². The first-order valence-electron chi connectivity index (χ1n) is 4.64. The summed E-state index contributed by atoms with van der Waals surface area (Å²) in [4.78, 5) is 8.28. The number of aliphatic hydroxyl groups is 1. The standard InChI is InChI=1S/C9H14ClN3O/c1-2-8-12-7(10)6-9(13-8)11-4-3-5-14/h6,14H,2-5H2,1H3,(H,11,12,13). The highest BCUT2D eigenvalue weighted by Crippen LogP contribution is 2.11. The van der Waals surface area contributed by atoms with Gasteiger partial charge in [0.2, 0.25) is 0 Å². The summed E-state index contributed by atoms with van der Waals surface area (Å²) in [5.41, 5.74) is 0. The van der Waals surface area contributed by atoms with Crippen molar-refractivity contribution in [3.05, 3.63) is 17.0 Å². The molecular formula is C9H14ClN3O. The Balaban J connectivity index is 2.62. The topological polar surface area (TPSA) is 58.0 Å². The van der Waals surface area contributed by atoms with Crippen LogP contribution in [0.15, 0.2) is 6.07 Å². The van der Waals surface area contributed by atoms with Gasteiger partial charge in [0.05, 0.1) is 0 Å². The average Bonchev–Trinajstić information content (AvgIpc) is 2.17. The van der Waals surface area contributed by atoms with E-state index in [1.165, 1.54) is 0 Å². The maximum Gasteiger partial charge on any atom is 0.134 e. The monoisotopic (exact) mass is 215 g/mol. The molecule has 0 atom stereocenters. The third kappa shape index (κ3) is 3.47. The van der Waals surface area contributed by atoms with Crippen molar-refractivity contribution < 1.29 is 5.11 Å². The molecule has 0 fully saturated rings. The van der Waals surface area contributed by atoms with Crippen LogP contribution in [0, 0.1) is 0 Å². The Kier molecular flexibility index (Phi) is 4.62. The van der Waals surface area contributed by atoms with Gasteiger partial charge in [0.25, 0.3) is 0 Å². The highest BCUT2D eigenvalue weighted by atomic mass is 35.5. The maximum absolute atomic E-state index is 8.60. The summed E-state index contributed by atoms with van der Waals surface area (Å²) in [6.45, 7) is 2.84. The van der Waals surface area contributed by atoms with Crippen molar-refractivity contribution in [2.45, 2.75) is 19.8 Å². The number of nitrogens with zero attached hydrogens (tertiary/aromatic N) is 2. The van der Waals surface area contributed by atoms with Crippen LogP contribution in [0.2, 0.25) is 5.15 Å². The van der Waals surface area contributed by atoms with Crippen molar-refractivity contribution in [3.8, 4) is 0 Å². The van der Waals surface area contributed by atoms with E-state index in [2.05, 4.69) is 15.3 Å². The lowest BCUT2D eigenvalue weighted by Gasteiger charge is -2.05. The summed E-state index contributed by atoms with van der Waals surface area (Å²) < 4.78 is 0. The van der Waals surface area contributed by atoms with Gasteiger partial charge in [0.15, 0.2) is 0 Å². The molecule has 1 heterocycles. The largest absolute Gasteiger partial charge is 0.396 e. The molecule has 0 aliphatic carbocycles. The summed E-state index contributed by atoms with van der Waals surface area (Å²) in [6, 6.07) is 1.68. The highest BCUT2D eigenvalue weighted by Gasteiger charge is 2.00. The molecule has 5 heteroatoms. The number of halogens is 1. The zero-order chi connectivity index (χ0) is 10.4. The molecule has 0 saturated carbocycles. The van der Waals surface area contributed by atoms with E-state index in [9.17, 15) is 0 Å². The van der Waals surface area contributed by atoms with Crippen LogP contribution in [0.3, 0.4) is 0 Å². The lowest BCUT2D eigenvalue weighted by atomic mass is 10.4. The molecule has 0 aliphatic rings. The van der Waals surface area contributed by atoms with Gasteiger partial charge in [-0.25, -0.2) is 9.97 Å². The van der Waals surface area contributed by atoms with Crippen LogP contribution in [0.25, 0.3) is 0 Å². The van der Waals surface area contributed by atoms with Gasteiger partial charge in [-0.15, -0.1) is 0 Å². The Morgan fingerprint density at radius 3 is 2.93 bits per heavy atom. The number of hydrogen-bond donors (Lipinski definition) is 2. The summed E-state index contributed by atoms with van der Waals surface area (Å²) >= 11 is 5.80. The number of anilines is 1. The van der Waals surface area contributed by atoms with E-state index in [-0.39, 0.29) is 6.61 Å². The number of aromatic nitrogens is 2. The number of aliphatic hydroxyl groups excluding tert-OH is 1. The molecule has 0 bridgehead atoms. The molecule has 0 spiro atoms. The summed E-state index contributed by atoms with van der Waals surface area (Å²) in [5, 5.41) is 12.1. The van der Waals surface area contributed by atoms with Crippen LogP contribution >= 0.6 is 11.6 Å². The highest BCUT2D eigenvalue weighted by molar-refractivity contribution is 6.29. The molecule has 1 aromatic rings. The van der Waals surface area contributed by atoms with Crippen LogP contribution < -0.4 is 5.32 Å². The fourth-order valence-corrected chi connectivity index (χ4v) is 1.21. The fraction of sp³-hybridized carbons (Fsp3) is 0.556. The minimum Gasteiger partial charge on any atom is -0.396 e. The Bertz CT molecular complexity index is 293. The Labute approximate surface area is 88.3 Å². The molecular weight excluding hydrogens is 202 g/mol. The van der Waals surface area contributed by atoms with E-state index in [0.717, 1.165) is 18.1 Å². The predicted molar refractivity (Wildman–Crippen MR) is 56.6 cm³/mol. The maximum atomic E-state index is 8.60. The number of hydrogen-bond acceptors (Lipinski definition) is 4. The minimum absolute atomic E-state index is 0.173. The molecule has 0 saturated heterocycles. The quantitative estimate of drug-likeness (QED) is 0.577. The van der Waals surface area contributed by atoms with Gasteiger partial charge >= 0.3 is 0 Å². The first-order valence-corrected chi connectivity index (χ1v) is 5.02. The Morgan fingerprint density at radius 1 is 1.50 bits per heavy atom. The molecule has 1 rings (SSSR count). The molecule has 0 radical (unpaired) electrons. The van der Waals surface area contributed by atoms with Crippen LogP contribution in [-0.2, 0) is 6.42 Å². The Hall–Kier alpha value is -0.870. The van der Waals surface area contributed by atoms with E-state index in [4.69, 9.17) is 16.7 Å². The second-order valence-electron chi connectivity index (χ2n) is 2.85. The molecule has 0 aromatic carbocycles. The Morgan fingerprint density at radius 2 is 2.29 bits per heavy atom. The normalized spacial score (nSPS) is 10.2. The van der Waals surface area contributed by atoms with Crippen LogP contribution in [0.5, 0.6) is 0 Å². The van der Waals surface area contributed by atoms with Crippen LogP contribution in [0.1, 0.15) is 19.2 Å². The van der Waals surface area contributed by atoms with Gasteiger partial charge in [-0.2, -0.15) is 0 Å². The second-order valence-corrected chi connectivity index (χ2v) is 3.24. The van der Waals surface area contributed by atoms with Gasteiger partial charge in [-0.3, -0.25) is 0 Å². The lowest BCUT2D eigenvalue weighted by molar-refractivity contribution is 0.292. The van der Waals surface area contributed by atoms with Gasteiger partial charge in [0, 0.05) is 25.6 Å². The van der Waals surface area contributed by atoms with E-state index < -0.39 is 0 Å². The summed E-state index contributed by atoms with van der Waals surface area (Å²) in [5.74, 6) is 1.44. The smallest absolute Gasteiger partial charge is 0.134 e. The molecule has 78 valence electrons. The fourth-order valence-electron chi connectivity index (χ4n) is 1.01. The van der Waals surface area contributed by atoms with Gasteiger partial charge < -0.3 is 10.4 Å². The first-order chi connectivity index (χ1) is 6.76. The molecule has 0 aliphatic heterocycles. The summed E-state index contributed by atoms with van der Waals surface area (Å²) in [7, 11) is 0. The van der Waals surface area contributed by atoms with Crippen molar-refractivity contribution >= 4 is 17.4 Å². The summed E-state index contributed by atoms with van der Waals surface area (Å²) in [6.07, 6.45) is 1.46. The zero-order valence-electron chi connectivity index (χ0n) is 8.13. The molecule has 1 aromatic heterocycles. The SMILES string of the molecule is CCc1nc(Cl)cc(NCCCO)n1. The average molecular weight is 216 g/mol. The van der Waals surface area contributed by atoms with Crippen molar-refractivity contribution in [1.82, 2.24) is 9.97 Å². The van der Waals surface area contributed by atoms with Crippen molar-refractivity contribution in [2.24, 2.45) is 0 Å². The number of nitrogens with one attached hydrogen (secondary N) is 1. The van der Waals surface area contributed by atoms with Crippen LogP contribution in [-0.4, -0.2) is 28.2 Å². The molecule has 4 nitrogen and oxygen atoms in total. The third-order valence-electron chi connectivity index (χ3n) is 1.70. The molecule has 2 N–H and O–H groups in total. The predicted octanol–water partition coefficient (Wildman–Crippen LogP) is 1.49. The molecule has 0 unspecified atom stereocenters. The van der Waals surface area contributed by atoms with Crippen molar-refractivity contribution in [1.29, 1.82) is 0 Å². The number of rotatable bonds is 5. The molecule has 0 amide bonds. The zero-order valence-corrected chi connectivity index (χ0v) is 8.88. The third-order valence-corrected chi connectivity index (χ3v) is 1.89. The van der Waals surface area contributed by atoms with Crippen molar-refractivity contribution in [3.63, 3.8) is 0 Å². The van der Waals surface area contributed by atoms with E-state index in [0.29, 0.717) is 18.1 Å². The van der Waals surface area contributed by atoms with E-state index >= 15 is 0 Å². The molecule has 14 heavy (non-hydrogen) atoms. The van der Waals surface area contributed by atoms with E-state index in [1.807, 2.05) is 6.92 Å². The minimum atomic E-state index is 0.173. The van der Waals surface area contributed by atoms with E-state index in [1.54, 1.807) is 6.07 Å². The van der Waals surface area contributed by atoms with Gasteiger partial charge in [0.1, 0.15) is 16.8 Å². The van der Waals surface area contributed by atoms with Crippen molar-refractivity contribution in [2.75, 3.05) is 18.5 Å². The van der Waals surface area contributed by atoms with Gasteiger partial charge in [-0.05, 0) is 6.42 Å². The lowest BCUT2D eigenvalue weighted by Crippen LogP contribution is -2.06.